The van der Waals surface area contributed by atoms with Crippen LogP contribution in [-0.4, -0.2) is 30.8 Å². The van der Waals surface area contributed by atoms with E-state index < -0.39 is 35.5 Å². The van der Waals surface area contributed by atoms with E-state index in [1.54, 1.807) is 0 Å². The Morgan fingerprint density at radius 1 is 1.00 bits per heavy atom. The highest BCUT2D eigenvalue weighted by Gasteiger charge is 2.53. The molecule has 1 amide bonds. The number of benzene rings is 2. The van der Waals surface area contributed by atoms with Crippen LogP contribution in [0.2, 0.25) is 6.32 Å². The predicted octanol–water partition coefficient (Wildman–Crippen LogP) is 7.22. The summed E-state index contributed by atoms with van der Waals surface area (Å²) in [6.45, 7) is 14.0. The Bertz CT molecular complexity index is 1090. The molecule has 2 aromatic rings. The van der Waals surface area contributed by atoms with Gasteiger partial charge in [0.2, 0.25) is 5.91 Å². The molecule has 9 heteroatoms. The highest BCUT2D eigenvalue weighted by molar-refractivity contribution is 6.46. The minimum atomic E-state index is -4.44. The van der Waals surface area contributed by atoms with Gasteiger partial charge in [-0.05, 0) is 102 Å². The van der Waals surface area contributed by atoms with Crippen LogP contribution in [0.3, 0.4) is 0 Å². The molecule has 1 N–H and O–H groups in total. The van der Waals surface area contributed by atoms with E-state index in [0.29, 0.717) is 25.1 Å². The standard InChI is InChI=1S/C28H37BF3NO4/c1-19-9-10-20(2)23(17-19)35-16-8-15-27(7,18-29-36-25(3,4)26(5,6)37-29)24(34)33-22-13-11-21(12-14-22)28(30,31)32/h9-14,17H,8,15-16,18H2,1-7H3,(H,33,34). The molecule has 2 aromatic carbocycles. The molecule has 1 saturated heterocycles. The third kappa shape index (κ3) is 7.08. The van der Waals surface area contributed by atoms with Crippen LogP contribution >= 0.6 is 0 Å². The Kier molecular flexibility index (Phi) is 8.39. The van der Waals surface area contributed by atoms with Crippen molar-refractivity contribution in [1.29, 1.82) is 0 Å². The van der Waals surface area contributed by atoms with Crippen LogP contribution in [0.4, 0.5) is 18.9 Å². The van der Waals surface area contributed by atoms with Gasteiger partial charge in [-0.1, -0.05) is 19.1 Å². The molecule has 0 aliphatic carbocycles. The van der Waals surface area contributed by atoms with Gasteiger partial charge in [-0.15, -0.1) is 0 Å². The van der Waals surface area contributed by atoms with Gasteiger partial charge in [0, 0.05) is 11.1 Å². The highest BCUT2D eigenvalue weighted by Crippen LogP contribution is 2.42. The number of carbonyl (C=O) groups is 1. The SMILES string of the molecule is Cc1ccc(C)c(OCCCC(C)(CB2OC(C)(C)C(C)(C)O2)C(=O)Nc2ccc(C(F)(F)F)cc2)c1. The molecule has 1 heterocycles. The number of rotatable bonds is 9. The first-order valence-electron chi connectivity index (χ1n) is 12.6. The summed E-state index contributed by atoms with van der Waals surface area (Å²) in [4.78, 5) is 13.5. The lowest BCUT2D eigenvalue weighted by molar-refractivity contribution is -0.137. The van der Waals surface area contributed by atoms with E-state index in [0.717, 1.165) is 29.0 Å². The van der Waals surface area contributed by atoms with Crippen LogP contribution in [0.15, 0.2) is 42.5 Å². The molecule has 1 atom stereocenters. The van der Waals surface area contributed by atoms with Crippen LogP contribution in [-0.2, 0) is 20.3 Å². The third-order valence-electron chi connectivity index (χ3n) is 7.41. The van der Waals surface area contributed by atoms with Gasteiger partial charge in [0.05, 0.1) is 23.4 Å². The minimum Gasteiger partial charge on any atom is -0.493 e. The topological polar surface area (TPSA) is 56.8 Å². The third-order valence-corrected chi connectivity index (χ3v) is 7.41. The molecular weight excluding hydrogens is 482 g/mol. The Hall–Kier alpha value is -2.52. The summed E-state index contributed by atoms with van der Waals surface area (Å²) in [5, 5.41) is 2.79. The smallest absolute Gasteiger partial charge is 0.458 e. The molecule has 3 rings (SSSR count). The van der Waals surface area contributed by atoms with Gasteiger partial charge < -0.3 is 19.4 Å². The number of alkyl halides is 3. The van der Waals surface area contributed by atoms with Crippen LogP contribution in [0.25, 0.3) is 0 Å². The van der Waals surface area contributed by atoms with Crippen molar-refractivity contribution in [3.63, 3.8) is 0 Å². The van der Waals surface area contributed by atoms with Crippen LogP contribution in [0, 0.1) is 19.3 Å². The van der Waals surface area contributed by atoms with E-state index in [2.05, 4.69) is 5.32 Å². The number of amides is 1. The largest absolute Gasteiger partial charge is 0.493 e. The second-order valence-electron chi connectivity index (χ2n) is 11.2. The zero-order valence-electron chi connectivity index (χ0n) is 22.7. The van der Waals surface area contributed by atoms with Gasteiger partial charge in [-0.25, -0.2) is 0 Å². The molecule has 1 fully saturated rings. The molecule has 1 aliphatic rings. The zero-order valence-corrected chi connectivity index (χ0v) is 22.7. The van der Waals surface area contributed by atoms with Gasteiger partial charge in [0.15, 0.2) is 0 Å². The first kappa shape index (κ1) is 29.0. The van der Waals surface area contributed by atoms with Gasteiger partial charge in [-0.2, -0.15) is 13.2 Å². The van der Waals surface area contributed by atoms with Crippen LogP contribution in [0.5, 0.6) is 5.75 Å². The number of carbonyl (C=O) groups excluding carboxylic acids is 1. The maximum atomic E-state index is 13.5. The summed E-state index contributed by atoms with van der Waals surface area (Å²) in [5.74, 6) is 0.496. The molecule has 1 aliphatic heterocycles. The maximum absolute atomic E-state index is 13.5. The van der Waals surface area contributed by atoms with E-state index in [4.69, 9.17) is 14.0 Å². The Morgan fingerprint density at radius 2 is 1.59 bits per heavy atom. The summed E-state index contributed by atoms with van der Waals surface area (Å²) >= 11 is 0. The maximum Gasteiger partial charge on any atom is 0.458 e. The summed E-state index contributed by atoms with van der Waals surface area (Å²) in [7, 11) is -0.603. The quantitative estimate of drug-likeness (QED) is 0.281. The monoisotopic (exact) mass is 519 g/mol. The Morgan fingerprint density at radius 3 is 2.16 bits per heavy atom. The molecule has 0 spiro atoms. The van der Waals surface area contributed by atoms with Crippen molar-refractivity contribution >= 4 is 18.7 Å². The first-order valence-corrected chi connectivity index (χ1v) is 12.6. The lowest BCUT2D eigenvalue weighted by atomic mass is 9.66. The second-order valence-corrected chi connectivity index (χ2v) is 11.2. The molecule has 1 unspecified atom stereocenters. The average Bonchev–Trinajstić information content (AvgIpc) is 2.98. The lowest BCUT2D eigenvalue weighted by Gasteiger charge is -2.32. The number of aryl methyl sites for hydroxylation is 2. The first-order chi connectivity index (χ1) is 17.0. The van der Waals surface area contributed by atoms with E-state index in [1.807, 2.05) is 66.7 Å². The van der Waals surface area contributed by atoms with Gasteiger partial charge >= 0.3 is 13.3 Å². The summed E-state index contributed by atoms with van der Waals surface area (Å²) in [6.07, 6.45) is -3.10. The van der Waals surface area contributed by atoms with Crippen molar-refractivity contribution in [3.05, 3.63) is 59.2 Å². The van der Waals surface area contributed by atoms with Gasteiger partial charge in [0.25, 0.3) is 0 Å². The van der Waals surface area contributed by atoms with Crippen LogP contribution < -0.4 is 10.1 Å². The predicted molar refractivity (Wildman–Crippen MR) is 140 cm³/mol. The minimum absolute atomic E-state index is 0.288. The molecule has 0 aromatic heterocycles. The molecule has 0 saturated carbocycles. The van der Waals surface area contributed by atoms with E-state index in [9.17, 15) is 18.0 Å². The van der Waals surface area contributed by atoms with Crippen molar-refractivity contribution in [2.45, 2.75) is 85.0 Å². The van der Waals surface area contributed by atoms with Crippen molar-refractivity contribution in [1.82, 2.24) is 0 Å². The van der Waals surface area contributed by atoms with Gasteiger partial charge in [-0.3, -0.25) is 4.79 Å². The number of hydrogen-bond acceptors (Lipinski definition) is 4. The normalized spacial score (nSPS) is 18.4. The summed E-state index contributed by atoms with van der Waals surface area (Å²) < 4.78 is 57.1. The molecule has 0 radical (unpaired) electrons. The molecule has 0 bridgehead atoms. The van der Waals surface area contributed by atoms with Crippen molar-refractivity contribution in [2.75, 3.05) is 11.9 Å². The number of anilines is 1. The van der Waals surface area contributed by atoms with E-state index >= 15 is 0 Å². The van der Waals surface area contributed by atoms with Crippen molar-refractivity contribution < 1.29 is 32.0 Å². The molecular formula is C28H37BF3NO4. The fraction of sp³-hybridized carbons (Fsp3) is 0.536. The number of halogens is 3. The number of hydrogen-bond donors (Lipinski definition) is 1. The van der Waals surface area contributed by atoms with Gasteiger partial charge in [0.1, 0.15) is 5.75 Å². The number of ether oxygens (including phenoxy) is 1. The van der Waals surface area contributed by atoms with E-state index in [1.165, 1.54) is 12.1 Å². The fourth-order valence-electron chi connectivity index (χ4n) is 4.26. The lowest BCUT2D eigenvalue weighted by Crippen LogP contribution is -2.41. The molecule has 202 valence electrons. The fourth-order valence-corrected chi connectivity index (χ4v) is 4.26. The Balaban J connectivity index is 1.73. The average molecular weight is 519 g/mol. The van der Waals surface area contributed by atoms with Crippen LogP contribution in [0.1, 0.15) is 64.2 Å². The zero-order chi connectivity index (χ0) is 27.6. The molecule has 5 nitrogen and oxygen atoms in total. The van der Waals surface area contributed by atoms with Crippen molar-refractivity contribution in [3.8, 4) is 5.75 Å². The molecule has 37 heavy (non-hydrogen) atoms. The summed E-state index contributed by atoms with van der Waals surface area (Å²) in [5.41, 5.74) is -0.358. The summed E-state index contributed by atoms with van der Waals surface area (Å²) in [6, 6.07) is 10.5. The van der Waals surface area contributed by atoms with E-state index in [-0.39, 0.29) is 12.2 Å². The second kappa shape index (κ2) is 10.7. The Labute approximate surface area is 218 Å². The number of nitrogens with one attached hydrogen (secondary N) is 1. The van der Waals surface area contributed by atoms with Crippen molar-refractivity contribution in [2.24, 2.45) is 5.41 Å². The highest BCUT2D eigenvalue weighted by atomic mass is 19.4.